The third-order valence-electron chi connectivity index (χ3n) is 3.61. The zero-order valence-electron chi connectivity index (χ0n) is 13.1. The van der Waals surface area contributed by atoms with Gasteiger partial charge in [0, 0.05) is 30.9 Å². The highest BCUT2D eigenvalue weighted by molar-refractivity contribution is 5.44. The van der Waals surface area contributed by atoms with E-state index in [1.54, 1.807) is 14.2 Å². The first kappa shape index (κ1) is 15.4. The summed E-state index contributed by atoms with van der Waals surface area (Å²) >= 11 is 0. The maximum atomic E-state index is 5.42. The first-order valence-corrected chi connectivity index (χ1v) is 7.16. The van der Waals surface area contributed by atoms with Crippen molar-refractivity contribution < 1.29 is 9.47 Å². The fourth-order valence-corrected chi connectivity index (χ4v) is 2.44. The van der Waals surface area contributed by atoms with Gasteiger partial charge >= 0.3 is 0 Å². The molecule has 1 aromatic heterocycles. The van der Waals surface area contributed by atoms with E-state index in [0.717, 1.165) is 23.6 Å². The molecule has 0 amide bonds. The molecule has 0 spiro atoms. The normalized spacial score (nSPS) is 12.2. The number of methoxy groups -OCH3 is 2. The van der Waals surface area contributed by atoms with Gasteiger partial charge < -0.3 is 14.8 Å². The van der Waals surface area contributed by atoms with Crippen molar-refractivity contribution in [2.75, 3.05) is 14.2 Å². The van der Waals surface area contributed by atoms with Gasteiger partial charge in [0.15, 0.2) is 0 Å². The van der Waals surface area contributed by atoms with Crippen LogP contribution < -0.4 is 14.8 Å². The second-order valence-corrected chi connectivity index (χ2v) is 4.82. The lowest BCUT2D eigenvalue weighted by Gasteiger charge is -2.18. The van der Waals surface area contributed by atoms with E-state index in [0.29, 0.717) is 6.54 Å². The number of aryl methyl sites for hydroxylation is 1. The van der Waals surface area contributed by atoms with Gasteiger partial charge in [0.1, 0.15) is 11.5 Å². The number of ether oxygens (including phenoxy) is 2. The first-order valence-electron chi connectivity index (χ1n) is 7.16. The van der Waals surface area contributed by atoms with Gasteiger partial charge in [-0.3, -0.25) is 4.68 Å². The van der Waals surface area contributed by atoms with E-state index < -0.39 is 0 Å². The summed E-state index contributed by atoms with van der Waals surface area (Å²) < 4.78 is 12.8. The summed E-state index contributed by atoms with van der Waals surface area (Å²) in [5.74, 6) is 1.66. The Morgan fingerprint density at radius 3 is 2.43 bits per heavy atom. The molecule has 0 fully saturated rings. The summed E-state index contributed by atoms with van der Waals surface area (Å²) in [6.07, 6.45) is 1.83. The van der Waals surface area contributed by atoms with Crippen LogP contribution in [0.25, 0.3) is 0 Å². The predicted octanol–water partition coefficient (Wildman–Crippen LogP) is 2.77. The Kier molecular flexibility index (Phi) is 5.22. The second kappa shape index (κ2) is 7.13. The Balaban J connectivity index is 2.12. The topological polar surface area (TPSA) is 48.3 Å². The smallest absolute Gasteiger partial charge is 0.127 e. The minimum Gasteiger partial charge on any atom is -0.496 e. The Hall–Kier alpha value is -2.01. The van der Waals surface area contributed by atoms with E-state index in [1.807, 2.05) is 35.1 Å². The third-order valence-corrected chi connectivity index (χ3v) is 3.61. The molecule has 0 saturated carbocycles. The van der Waals surface area contributed by atoms with Crippen molar-refractivity contribution in [3.05, 3.63) is 41.7 Å². The third kappa shape index (κ3) is 3.36. The molecular weight excluding hydrogens is 266 g/mol. The summed E-state index contributed by atoms with van der Waals surface area (Å²) in [4.78, 5) is 0. The molecule has 1 N–H and O–H groups in total. The van der Waals surface area contributed by atoms with Gasteiger partial charge in [0.25, 0.3) is 0 Å². The van der Waals surface area contributed by atoms with Gasteiger partial charge in [-0.1, -0.05) is 6.07 Å². The lowest BCUT2D eigenvalue weighted by atomic mass is 10.1. The molecule has 0 aliphatic rings. The Bertz CT molecular complexity index is 558. The standard InChI is InChI=1S/C16H23N3O2/c1-5-19-14(9-10-18-19)12(2)17-11-13-15(20-3)7-6-8-16(13)21-4/h6-10,12,17H,5,11H2,1-4H3. The zero-order chi connectivity index (χ0) is 15.2. The molecule has 0 bridgehead atoms. The van der Waals surface area contributed by atoms with Crippen LogP contribution in [0.3, 0.4) is 0 Å². The fraction of sp³-hybridized carbons (Fsp3) is 0.438. The second-order valence-electron chi connectivity index (χ2n) is 4.82. The molecule has 5 nitrogen and oxygen atoms in total. The molecule has 21 heavy (non-hydrogen) atoms. The maximum Gasteiger partial charge on any atom is 0.127 e. The van der Waals surface area contributed by atoms with E-state index in [4.69, 9.17) is 9.47 Å². The lowest BCUT2D eigenvalue weighted by molar-refractivity contribution is 0.379. The number of hydrogen-bond donors (Lipinski definition) is 1. The summed E-state index contributed by atoms with van der Waals surface area (Å²) in [6, 6.07) is 8.06. The highest BCUT2D eigenvalue weighted by Crippen LogP contribution is 2.28. The van der Waals surface area contributed by atoms with Crippen molar-refractivity contribution >= 4 is 0 Å². The number of rotatable bonds is 7. The molecule has 0 radical (unpaired) electrons. The molecule has 2 aromatic rings. The van der Waals surface area contributed by atoms with Crippen LogP contribution >= 0.6 is 0 Å². The van der Waals surface area contributed by atoms with E-state index in [1.165, 1.54) is 5.69 Å². The number of aromatic nitrogens is 2. The zero-order valence-corrected chi connectivity index (χ0v) is 13.1. The minimum absolute atomic E-state index is 0.196. The highest BCUT2D eigenvalue weighted by atomic mass is 16.5. The van der Waals surface area contributed by atoms with Gasteiger partial charge in [-0.25, -0.2) is 0 Å². The van der Waals surface area contributed by atoms with Crippen LogP contribution in [0.15, 0.2) is 30.5 Å². The number of benzene rings is 1. The van der Waals surface area contributed by atoms with Crippen LogP contribution in [-0.2, 0) is 13.1 Å². The van der Waals surface area contributed by atoms with Crippen LogP contribution in [0.5, 0.6) is 11.5 Å². The molecule has 0 aliphatic carbocycles. The largest absolute Gasteiger partial charge is 0.496 e. The maximum absolute atomic E-state index is 5.42. The average molecular weight is 289 g/mol. The van der Waals surface area contributed by atoms with Crippen molar-refractivity contribution in [3.8, 4) is 11.5 Å². The van der Waals surface area contributed by atoms with Crippen molar-refractivity contribution in [1.82, 2.24) is 15.1 Å². The van der Waals surface area contributed by atoms with E-state index in [-0.39, 0.29) is 6.04 Å². The number of nitrogens with zero attached hydrogens (tertiary/aromatic N) is 2. The monoisotopic (exact) mass is 289 g/mol. The first-order chi connectivity index (χ1) is 10.2. The Labute approximate surface area is 125 Å². The van der Waals surface area contributed by atoms with Crippen LogP contribution in [0.1, 0.15) is 31.1 Å². The SMILES string of the molecule is CCn1nccc1C(C)NCc1c(OC)cccc1OC. The van der Waals surface area contributed by atoms with Crippen molar-refractivity contribution in [3.63, 3.8) is 0 Å². The van der Waals surface area contributed by atoms with Gasteiger partial charge in [0.05, 0.1) is 19.9 Å². The summed E-state index contributed by atoms with van der Waals surface area (Å²) in [6.45, 7) is 5.76. The van der Waals surface area contributed by atoms with Crippen molar-refractivity contribution in [1.29, 1.82) is 0 Å². The number of nitrogens with one attached hydrogen (secondary N) is 1. The Morgan fingerprint density at radius 1 is 1.19 bits per heavy atom. The van der Waals surface area contributed by atoms with Gasteiger partial charge in [-0.2, -0.15) is 5.10 Å². The van der Waals surface area contributed by atoms with E-state index in [2.05, 4.69) is 24.3 Å². The van der Waals surface area contributed by atoms with Gasteiger partial charge in [-0.15, -0.1) is 0 Å². The molecule has 1 unspecified atom stereocenters. The highest BCUT2D eigenvalue weighted by Gasteiger charge is 2.14. The Morgan fingerprint density at radius 2 is 1.86 bits per heavy atom. The van der Waals surface area contributed by atoms with Crippen LogP contribution in [0.2, 0.25) is 0 Å². The van der Waals surface area contributed by atoms with E-state index in [9.17, 15) is 0 Å². The molecule has 0 aliphatic heterocycles. The van der Waals surface area contributed by atoms with Crippen LogP contribution in [-0.4, -0.2) is 24.0 Å². The molecule has 1 aromatic carbocycles. The van der Waals surface area contributed by atoms with Crippen LogP contribution in [0.4, 0.5) is 0 Å². The average Bonchev–Trinajstić information content (AvgIpc) is 3.00. The molecule has 2 rings (SSSR count). The van der Waals surface area contributed by atoms with Gasteiger partial charge in [0.2, 0.25) is 0 Å². The molecular formula is C16H23N3O2. The van der Waals surface area contributed by atoms with Crippen LogP contribution in [0, 0.1) is 0 Å². The summed E-state index contributed by atoms with van der Waals surface area (Å²) in [5, 5.41) is 7.81. The summed E-state index contributed by atoms with van der Waals surface area (Å²) in [5.41, 5.74) is 2.20. The van der Waals surface area contributed by atoms with Crippen molar-refractivity contribution in [2.24, 2.45) is 0 Å². The number of hydrogen-bond acceptors (Lipinski definition) is 4. The van der Waals surface area contributed by atoms with Gasteiger partial charge in [-0.05, 0) is 32.0 Å². The minimum atomic E-state index is 0.196. The molecule has 1 heterocycles. The summed E-state index contributed by atoms with van der Waals surface area (Å²) in [7, 11) is 3.35. The fourth-order valence-electron chi connectivity index (χ4n) is 2.44. The molecule has 0 saturated heterocycles. The molecule has 5 heteroatoms. The molecule has 114 valence electrons. The lowest BCUT2D eigenvalue weighted by Crippen LogP contribution is -2.21. The molecule has 1 atom stereocenters. The van der Waals surface area contributed by atoms with Crippen molar-refractivity contribution in [2.45, 2.75) is 33.0 Å². The quantitative estimate of drug-likeness (QED) is 0.851. The van der Waals surface area contributed by atoms with E-state index >= 15 is 0 Å². The predicted molar refractivity (Wildman–Crippen MR) is 82.7 cm³/mol.